The lowest BCUT2D eigenvalue weighted by atomic mass is 10.2. The van der Waals surface area contributed by atoms with Crippen LogP contribution in [0.2, 0.25) is 5.02 Å². The number of benzene rings is 1. The van der Waals surface area contributed by atoms with E-state index in [1.165, 1.54) is 0 Å². The molecule has 2 amide bonds. The molecule has 144 valence electrons. The molecular formula is C20H20ClN5O2. The topological polar surface area (TPSA) is 69.9 Å². The zero-order valence-corrected chi connectivity index (χ0v) is 16.2. The van der Waals surface area contributed by atoms with E-state index < -0.39 is 0 Å². The maximum absolute atomic E-state index is 13.0. The fourth-order valence-corrected chi connectivity index (χ4v) is 3.36. The van der Waals surface area contributed by atoms with Gasteiger partial charge in [0.25, 0.3) is 11.8 Å². The normalized spacial score (nSPS) is 15.0. The summed E-state index contributed by atoms with van der Waals surface area (Å²) < 4.78 is 1.65. The fourth-order valence-electron chi connectivity index (χ4n) is 3.23. The van der Waals surface area contributed by atoms with Crippen molar-refractivity contribution in [1.29, 1.82) is 0 Å². The lowest BCUT2D eigenvalue weighted by molar-refractivity contribution is 0.0661. The third-order valence-corrected chi connectivity index (χ3v) is 5.10. The molecule has 7 nitrogen and oxygen atoms in total. The molecule has 4 rings (SSSR count). The molecule has 0 atom stereocenters. The van der Waals surface area contributed by atoms with Crippen molar-refractivity contribution in [3.8, 4) is 0 Å². The van der Waals surface area contributed by atoms with Gasteiger partial charge >= 0.3 is 0 Å². The summed E-state index contributed by atoms with van der Waals surface area (Å²) in [6, 6.07) is 12.3. The Bertz CT molecular complexity index is 1020. The van der Waals surface area contributed by atoms with Gasteiger partial charge in [-0.3, -0.25) is 14.0 Å². The molecule has 28 heavy (non-hydrogen) atoms. The Balaban J connectivity index is 1.65. The summed E-state index contributed by atoms with van der Waals surface area (Å²) in [5.41, 5.74) is 1.52. The van der Waals surface area contributed by atoms with Crippen molar-refractivity contribution in [2.45, 2.75) is 0 Å². The molecule has 1 aromatic carbocycles. The highest BCUT2D eigenvalue weighted by Gasteiger charge is 2.27. The number of pyridine rings is 1. The number of nitrogens with one attached hydrogen (secondary N) is 1. The van der Waals surface area contributed by atoms with Gasteiger partial charge in [-0.2, -0.15) is 0 Å². The standard InChI is InChI=1S/C20H20ClN5O2/c1-24-10-12-25(13-11-24)20(28)17-16-4-2-3-9-26(16)18(23-17)19(27)22-15-7-5-14(21)6-8-15/h2-9H,10-13H2,1H3,(H,22,27). The smallest absolute Gasteiger partial charge is 0.292 e. The van der Waals surface area contributed by atoms with Crippen LogP contribution in [0.4, 0.5) is 5.69 Å². The van der Waals surface area contributed by atoms with Crippen molar-refractivity contribution in [3.05, 3.63) is 65.2 Å². The van der Waals surface area contributed by atoms with Crippen molar-refractivity contribution >= 4 is 34.6 Å². The van der Waals surface area contributed by atoms with E-state index in [0.717, 1.165) is 13.1 Å². The zero-order chi connectivity index (χ0) is 19.7. The van der Waals surface area contributed by atoms with E-state index in [1.807, 2.05) is 13.1 Å². The summed E-state index contributed by atoms with van der Waals surface area (Å²) in [5, 5.41) is 3.39. The molecule has 2 aromatic heterocycles. The van der Waals surface area contributed by atoms with Crippen LogP contribution in [0.1, 0.15) is 21.1 Å². The lowest BCUT2D eigenvalue weighted by Gasteiger charge is -2.32. The summed E-state index contributed by atoms with van der Waals surface area (Å²) in [6.07, 6.45) is 1.74. The average molecular weight is 398 g/mol. The predicted octanol–water partition coefficient (Wildman–Crippen LogP) is 2.63. The number of aromatic nitrogens is 2. The van der Waals surface area contributed by atoms with E-state index in [4.69, 9.17) is 11.6 Å². The Morgan fingerprint density at radius 3 is 2.46 bits per heavy atom. The highest BCUT2D eigenvalue weighted by molar-refractivity contribution is 6.30. The zero-order valence-electron chi connectivity index (χ0n) is 15.4. The number of rotatable bonds is 3. The van der Waals surface area contributed by atoms with Gasteiger partial charge in [0.2, 0.25) is 5.82 Å². The largest absolute Gasteiger partial charge is 0.335 e. The second-order valence-electron chi connectivity index (χ2n) is 6.80. The lowest BCUT2D eigenvalue weighted by Crippen LogP contribution is -2.47. The van der Waals surface area contributed by atoms with Crippen LogP contribution < -0.4 is 5.32 Å². The summed E-state index contributed by atoms with van der Waals surface area (Å²) in [7, 11) is 2.03. The minimum Gasteiger partial charge on any atom is -0.335 e. The molecule has 0 aliphatic carbocycles. The minimum atomic E-state index is -0.388. The van der Waals surface area contributed by atoms with Crippen LogP contribution in [0, 0.1) is 0 Å². The van der Waals surface area contributed by atoms with E-state index in [9.17, 15) is 9.59 Å². The van der Waals surface area contributed by atoms with Crippen LogP contribution in [-0.4, -0.2) is 64.2 Å². The molecule has 1 aliphatic heterocycles. The number of imidazole rings is 1. The van der Waals surface area contributed by atoms with Gasteiger partial charge in [-0.25, -0.2) is 4.98 Å². The molecular weight excluding hydrogens is 378 g/mol. The summed E-state index contributed by atoms with van der Waals surface area (Å²) >= 11 is 5.89. The van der Waals surface area contributed by atoms with Crippen LogP contribution in [0.25, 0.3) is 5.52 Å². The molecule has 1 aliphatic rings. The van der Waals surface area contributed by atoms with Crippen LogP contribution >= 0.6 is 11.6 Å². The maximum Gasteiger partial charge on any atom is 0.292 e. The predicted molar refractivity (Wildman–Crippen MR) is 108 cm³/mol. The molecule has 0 saturated carbocycles. The number of hydrogen-bond donors (Lipinski definition) is 1. The van der Waals surface area contributed by atoms with Crippen LogP contribution in [0.5, 0.6) is 0 Å². The third kappa shape index (κ3) is 3.58. The number of carbonyl (C=O) groups is 2. The second-order valence-corrected chi connectivity index (χ2v) is 7.23. The van der Waals surface area contributed by atoms with E-state index in [2.05, 4.69) is 15.2 Å². The van der Waals surface area contributed by atoms with Crippen LogP contribution in [0.15, 0.2) is 48.7 Å². The van der Waals surface area contributed by atoms with Gasteiger partial charge in [0.05, 0.1) is 5.52 Å². The average Bonchev–Trinajstić information content (AvgIpc) is 3.10. The molecule has 0 bridgehead atoms. The number of hydrogen-bond acceptors (Lipinski definition) is 4. The molecule has 0 unspecified atom stereocenters. The number of likely N-dealkylation sites (N-methyl/N-ethyl adjacent to an activating group) is 1. The number of fused-ring (bicyclic) bond motifs is 1. The first kappa shape index (κ1) is 18.5. The number of nitrogens with zero attached hydrogens (tertiary/aromatic N) is 4. The van der Waals surface area contributed by atoms with Crippen molar-refractivity contribution in [2.24, 2.45) is 0 Å². The van der Waals surface area contributed by atoms with Crippen molar-refractivity contribution in [3.63, 3.8) is 0 Å². The third-order valence-electron chi connectivity index (χ3n) is 4.85. The first-order chi connectivity index (χ1) is 13.5. The van der Waals surface area contributed by atoms with Gasteiger partial charge in [-0.15, -0.1) is 0 Å². The molecule has 1 N–H and O–H groups in total. The van der Waals surface area contributed by atoms with Crippen LogP contribution in [-0.2, 0) is 0 Å². The maximum atomic E-state index is 13.0. The molecule has 1 fully saturated rings. The molecule has 0 radical (unpaired) electrons. The first-order valence-corrected chi connectivity index (χ1v) is 9.42. The first-order valence-electron chi connectivity index (χ1n) is 9.05. The molecule has 3 aromatic rings. The Kier molecular flexibility index (Phi) is 5.02. The highest BCUT2D eigenvalue weighted by Crippen LogP contribution is 2.19. The molecule has 8 heteroatoms. The highest BCUT2D eigenvalue weighted by atomic mass is 35.5. The monoisotopic (exact) mass is 397 g/mol. The summed E-state index contributed by atoms with van der Waals surface area (Å²) in [5.74, 6) is -0.369. The quantitative estimate of drug-likeness (QED) is 0.737. The van der Waals surface area contributed by atoms with E-state index in [-0.39, 0.29) is 17.6 Å². The number of carbonyl (C=O) groups excluding carboxylic acids is 2. The van der Waals surface area contributed by atoms with E-state index in [1.54, 1.807) is 51.9 Å². The van der Waals surface area contributed by atoms with E-state index in [0.29, 0.717) is 35.0 Å². The Morgan fingerprint density at radius 1 is 1.04 bits per heavy atom. The van der Waals surface area contributed by atoms with Crippen molar-refractivity contribution in [2.75, 3.05) is 38.5 Å². The van der Waals surface area contributed by atoms with Gasteiger partial charge in [0, 0.05) is 43.1 Å². The fraction of sp³-hybridized carbons (Fsp3) is 0.250. The van der Waals surface area contributed by atoms with Crippen molar-refractivity contribution < 1.29 is 9.59 Å². The molecule has 0 spiro atoms. The number of anilines is 1. The number of halogens is 1. The molecule has 3 heterocycles. The van der Waals surface area contributed by atoms with Crippen LogP contribution in [0.3, 0.4) is 0 Å². The van der Waals surface area contributed by atoms with E-state index >= 15 is 0 Å². The Labute approximate surface area is 167 Å². The summed E-state index contributed by atoms with van der Waals surface area (Å²) in [4.78, 5) is 34.2. The Hall–Kier alpha value is -2.90. The molecule has 1 saturated heterocycles. The van der Waals surface area contributed by atoms with Gasteiger partial charge in [0.1, 0.15) is 0 Å². The second kappa shape index (κ2) is 7.61. The van der Waals surface area contributed by atoms with Crippen molar-refractivity contribution in [1.82, 2.24) is 19.2 Å². The van der Waals surface area contributed by atoms with Gasteiger partial charge < -0.3 is 15.1 Å². The minimum absolute atomic E-state index is 0.151. The number of amides is 2. The van der Waals surface area contributed by atoms with Gasteiger partial charge in [-0.05, 0) is 43.4 Å². The SMILES string of the molecule is CN1CCN(C(=O)c2nc(C(=O)Nc3ccc(Cl)cc3)n3ccccc23)CC1. The number of piperazine rings is 1. The Morgan fingerprint density at radius 2 is 1.75 bits per heavy atom. The van der Waals surface area contributed by atoms with Gasteiger partial charge in [-0.1, -0.05) is 17.7 Å². The van der Waals surface area contributed by atoms with Gasteiger partial charge in [0.15, 0.2) is 5.69 Å². The summed E-state index contributed by atoms with van der Waals surface area (Å²) in [6.45, 7) is 2.93.